The smallest absolute Gasteiger partial charge is 0.307 e. The Morgan fingerprint density at radius 1 is 1.46 bits per heavy atom. The fourth-order valence-corrected chi connectivity index (χ4v) is 2.58. The van der Waals surface area contributed by atoms with Crippen LogP contribution in [0, 0.1) is 5.92 Å². The Morgan fingerprint density at radius 3 is 2.83 bits per heavy atom. The van der Waals surface area contributed by atoms with Crippen LogP contribution in [0.25, 0.3) is 0 Å². The number of rotatable bonds is 10. The number of aliphatic carboxylic acids is 1. The summed E-state index contributed by atoms with van der Waals surface area (Å²) in [5.74, 6) is -0.926. The fourth-order valence-electron chi connectivity index (χ4n) is 2.58. The van der Waals surface area contributed by atoms with Crippen molar-refractivity contribution in [2.45, 2.75) is 32.1 Å². The maximum absolute atomic E-state index is 11.7. The summed E-state index contributed by atoms with van der Waals surface area (Å²) in [6, 6.07) is 3.60. The molecule has 0 saturated heterocycles. The number of nitrogens with one attached hydrogen (secondary N) is 1. The zero-order valence-electron chi connectivity index (χ0n) is 13.6. The Labute approximate surface area is 139 Å². The summed E-state index contributed by atoms with van der Waals surface area (Å²) >= 11 is 0. The Kier molecular flexibility index (Phi) is 6.62. The fraction of sp³-hybridized carbons (Fsp3) is 0.533. The number of hydrogen-bond acceptors (Lipinski definition) is 7. The van der Waals surface area contributed by atoms with Crippen LogP contribution in [0.3, 0.4) is 0 Å². The minimum absolute atomic E-state index is 0.376. The molecule has 0 aromatic carbocycles. The Bertz CT molecular complexity index is 617. The molecule has 0 aliphatic rings. The second-order valence-corrected chi connectivity index (χ2v) is 5.46. The van der Waals surface area contributed by atoms with Gasteiger partial charge in [-0.3, -0.25) is 4.79 Å². The van der Waals surface area contributed by atoms with E-state index < -0.39 is 11.9 Å². The summed E-state index contributed by atoms with van der Waals surface area (Å²) in [6.45, 7) is 2.77. The van der Waals surface area contributed by atoms with E-state index in [4.69, 9.17) is 10.5 Å². The number of tetrazole rings is 1. The van der Waals surface area contributed by atoms with Gasteiger partial charge in [-0.05, 0) is 18.4 Å². The van der Waals surface area contributed by atoms with Crippen molar-refractivity contribution < 1.29 is 14.6 Å². The van der Waals surface area contributed by atoms with Gasteiger partial charge in [0.05, 0.1) is 5.92 Å². The highest BCUT2D eigenvalue weighted by molar-refractivity contribution is 5.71. The van der Waals surface area contributed by atoms with E-state index in [0.717, 1.165) is 12.0 Å². The molecule has 0 aliphatic heterocycles. The first-order valence-electron chi connectivity index (χ1n) is 7.89. The number of pyridine rings is 1. The molecule has 0 fully saturated rings. The zero-order valence-corrected chi connectivity index (χ0v) is 13.6. The van der Waals surface area contributed by atoms with E-state index in [0.29, 0.717) is 37.7 Å². The van der Waals surface area contributed by atoms with Gasteiger partial charge in [0, 0.05) is 24.7 Å². The van der Waals surface area contributed by atoms with Crippen LogP contribution in [-0.4, -0.2) is 49.8 Å². The van der Waals surface area contributed by atoms with Crippen molar-refractivity contribution in [3.05, 3.63) is 29.7 Å². The van der Waals surface area contributed by atoms with Gasteiger partial charge in [-0.25, -0.2) is 4.98 Å². The number of aromatic nitrogens is 5. The second-order valence-electron chi connectivity index (χ2n) is 5.46. The minimum atomic E-state index is -0.859. The summed E-state index contributed by atoms with van der Waals surface area (Å²) in [7, 11) is 0. The first kappa shape index (κ1) is 17.8. The van der Waals surface area contributed by atoms with Crippen molar-refractivity contribution in [3.8, 4) is 5.88 Å². The first-order chi connectivity index (χ1) is 11.7. The van der Waals surface area contributed by atoms with Gasteiger partial charge in [0.2, 0.25) is 5.88 Å². The van der Waals surface area contributed by atoms with Crippen LogP contribution in [0.4, 0.5) is 0 Å². The van der Waals surface area contributed by atoms with Crippen molar-refractivity contribution in [2.75, 3.05) is 13.2 Å². The molecule has 2 rings (SSSR count). The lowest BCUT2D eigenvalue weighted by atomic mass is 9.83. The lowest BCUT2D eigenvalue weighted by Gasteiger charge is -2.20. The third-order valence-corrected chi connectivity index (χ3v) is 3.72. The Hall–Kier alpha value is -2.55. The predicted molar refractivity (Wildman–Crippen MR) is 85.4 cm³/mol. The molecular formula is C15H22N6O3. The molecule has 2 aromatic heterocycles. The summed E-state index contributed by atoms with van der Waals surface area (Å²) in [5, 5.41) is 23.5. The maximum Gasteiger partial charge on any atom is 0.307 e. The molecule has 0 aliphatic carbocycles. The topological polar surface area (TPSA) is 140 Å². The van der Waals surface area contributed by atoms with E-state index in [2.05, 4.69) is 25.6 Å². The number of hydrogen-bond donors (Lipinski definition) is 3. The molecule has 9 nitrogen and oxygen atoms in total. The van der Waals surface area contributed by atoms with Gasteiger partial charge in [0.1, 0.15) is 6.61 Å². The van der Waals surface area contributed by atoms with Crippen LogP contribution in [0.1, 0.15) is 37.1 Å². The highest BCUT2D eigenvalue weighted by atomic mass is 16.5. The number of H-pyrrole nitrogens is 1. The molecule has 130 valence electrons. The largest absolute Gasteiger partial charge is 0.481 e. The molecule has 4 N–H and O–H groups in total. The van der Waals surface area contributed by atoms with Crippen LogP contribution in [0.5, 0.6) is 5.88 Å². The van der Waals surface area contributed by atoms with Crippen molar-refractivity contribution >= 4 is 5.97 Å². The standard InChI is InChI=1S/C15H22N6O3/c1-2-3-11(15(22)23)12(14-18-20-21-19-14)8-10-4-5-13(17-9-10)24-7-6-16/h4-5,9,11-12H,2-3,6-8,16H2,1H3,(H,22,23)(H,18,19,20,21)/t11?,12-/m0/s1. The van der Waals surface area contributed by atoms with Gasteiger partial charge in [0.15, 0.2) is 5.82 Å². The predicted octanol–water partition coefficient (Wildman–Crippen LogP) is 0.759. The van der Waals surface area contributed by atoms with Gasteiger partial charge < -0.3 is 15.6 Å². The average molecular weight is 334 g/mol. The van der Waals surface area contributed by atoms with Gasteiger partial charge in [-0.1, -0.05) is 24.6 Å². The Morgan fingerprint density at radius 2 is 2.29 bits per heavy atom. The molecular weight excluding hydrogens is 312 g/mol. The Balaban J connectivity index is 2.17. The van der Waals surface area contributed by atoms with E-state index in [1.165, 1.54) is 0 Å². The number of carboxylic acid groups (broad SMARTS) is 1. The number of ether oxygens (including phenoxy) is 1. The summed E-state index contributed by atoms with van der Waals surface area (Å²) in [6.07, 6.45) is 3.43. The number of nitrogens with two attached hydrogens (primary N) is 1. The second kappa shape index (κ2) is 8.92. The van der Waals surface area contributed by atoms with E-state index >= 15 is 0 Å². The number of carbonyl (C=O) groups is 1. The number of carboxylic acids is 1. The highest BCUT2D eigenvalue weighted by Crippen LogP contribution is 2.29. The summed E-state index contributed by atoms with van der Waals surface area (Å²) in [5.41, 5.74) is 6.27. The molecule has 0 amide bonds. The van der Waals surface area contributed by atoms with E-state index in [1.807, 2.05) is 13.0 Å². The molecule has 0 spiro atoms. The number of aromatic amines is 1. The van der Waals surface area contributed by atoms with Gasteiger partial charge >= 0.3 is 5.97 Å². The van der Waals surface area contributed by atoms with E-state index in [-0.39, 0.29) is 5.92 Å². The highest BCUT2D eigenvalue weighted by Gasteiger charge is 2.32. The normalized spacial score (nSPS) is 13.4. The first-order valence-corrected chi connectivity index (χ1v) is 7.89. The number of nitrogens with zero attached hydrogens (tertiary/aromatic N) is 4. The van der Waals surface area contributed by atoms with Crippen molar-refractivity contribution in [1.82, 2.24) is 25.6 Å². The third-order valence-electron chi connectivity index (χ3n) is 3.72. The van der Waals surface area contributed by atoms with E-state index in [9.17, 15) is 9.90 Å². The van der Waals surface area contributed by atoms with Gasteiger partial charge in [-0.15, -0.1) is 10.2 Å². The zero-order chi connectivity index (χ0) is 17.4. The van der Waals surface area contributed by atoms with Crippen molar-refractivity contribution in [2.24, 2.45) is 11.7 Å². The molecule has 2 aromatic rings. The molecule has 2 heterocycles. The van der Waals surface area contributed by atoms with Crippen LogP contribution in [0.2, 0.25) is 0 Å². The molecule has 9 heteroatoms. The average Bonchev–Trinajstić information content (AvgIpc) is 3.11. The van der Waals surface area contributed by atoms with Gasteiger partial charge in [-0.2, -0.15) is 5.21 Å². The molecule has 24 heavy (non-hydrogen) atoms. The molecule has 0 radical (unpaired) electrons. The maximum atomic E-state index is 11.7. The molecule has 0 saturated carbocycles. The van der Waals surface area contributed by atoms with Crippen LogP contribution in [-0.2, 0) is 11.2 Å². The van der Waals surface area contributed by atoms with E-state index in [1.54, 1.807) is 12.3 Å². The lowest BCUT2D eigenvalue weighted by molar-refractivity contribution is -0.142. The quantitative estimate of drug-likeness (QED) is 0.578. The van der Waals surface area contributed by atoms with Crippen LogP contribution in [0.15, 0.2) is 18.3 Å². The molecule has 2 atom stereocenters. The summed E-state index contributed by atoms with van der Waals surface area (Å²) < 4.78 is 5.34. The minimum Gasteiger partial charge on any atom is -0.481 e. The monoisotopic (exact) mass is 334 g/mol. The van der Waals surface area contributed by atoms with Crippen LogP contribution < -0.4 is 10.5 Å². The third kappa shape index (κ3) is 4.72. The van der Waals surface area contributed by atoms with Gasteiger partial charge in [0.25, 0.3) is 0 Å². The van der Waals surface area contributed by atoms with Crippen molar-refractivity contribution in [3.63, 3.8) is 0 Å². The summed E-state index contributed by atoms with van der Waals surface area (Å²) in [4.78, 5) is 15.9. The SMILES string of the molecule is CCCC(C(=O)O)[C@H](Cc1ccc(OCCN)nc1)c1nn[nH]n1. The molecule has 1 unspecified atom stereocenters. The van der Waals surface area contributed by atoms with Crippen molar-refractivity contribution in [1.29, 1.82) is 0 Å². The molecule has 0 bridgehead atoms. The van der Waals surface area contributed by atoms with Crippen LogP contribution >= 0.6 is 0 Å². The lowest BCUT2D eigenvalue weighted by Crippen LogP contribution is -2.25.